The summed E-state index contributed by atoms with van der Waals surface area (Å²) < 4.78 is 1.90. The van der Waals surface area contributed by atoms with E-state index in [1.807, 2.05) is 41.1 Å². The summed E-state index contributed by atoms with van der Waals surface area (Å²) in [5.74, 6) is -0.182. The van der Waals surface area contributed by atoms with Gasteiger partial charge in [-0.1, -0.05) is 30.3 Å². The number of nitrogens with two attached hydrogens (primary N) is 1. The Hall–Kier alpha value is -2.14. The van der Waals surface area contributed by atoms with Crippen LogP contribution in [-0.4, -0.2) is 22.0 Å². The Morgan fingerprint density at radius 2 is 2.16 bits per heavy atom. The predicted octanol–water partition coefficient (Wildman–Crippen LogP) is 0.873. The number of benzene rings is 1. The standard InChI is InChI=1S/C14H18N4O/c1-14(15,12-5-3-2-4-6-12)13(19)17-8-10-18-9-7-16-11-18/h2-7,9,11H,8,10,15H2,1H3,(H,17,19). The molecular weight excluding hydrogens is 240 g/mol. The van der Waals surface area contributed by atoms with Crippen molar-refractivity contribution in [2.75, 3.05) is 6.54 Å². The van der Waals surface area contributed by atoms with Gasteiger partial charge in [0.1, 0.15) is 5.54 Å². The van der Waals surface area contributed by atoms with Crippen LogP contribution in [0.1, 0.15) is 12.5 Å². The maximum absolute atomic E-state index is 12.1. The van der Waals surface area contributed by atoms with Crippen LogP contribution in [0.4, 0.5) is 0 Å². The molecule has 100 valence electrons. The quantitative estimate of drug-likeness (QED) is 0.836. The number of aromatic nitrogens is 2. The van der Waals surface area contributed by atoms with Crippen molar-refractivity contribution in [3.05, 3.63) is 54.6 Å². The lowest BCUT2D eigenvalue weighted by atomic mass is 9.92. The molecule has 0 fully saturated rings. The number of nitrogens with one attached hydrogen (secondary N) is 1. The normalized spacial score (nSPS) is 13.8. The fourth-order valence-corrected chi connectivity index (χ4v) is 1.82. The summed E-state index contributed by atoms with van der Waals surface area (Å²) in [7, 11) is 0. The first kappa shape index (κ1) is 13.3. The van der Waals surface area contributed by atoms with Gasteiger partial charge in [-0.15, -0.1) is 0 Å². The van der Waals surface area contributed by atoms with Crippen LogP contribution in [0.5, 0.6) is 0 Å². The summed E-state index contributed by atoms with van der Waals surface area (Å²) in [5.41, 5.74) is 5.89. The molecule has 0 saturated carbocycles. The Morgan fingerprint density at radius 1 is 1.42 bits per heavy atom. The van der Waals surface area contributed by atoms with E-state index in [4.69, 9.17) is 5.73 Å². The van der Waals surface area contributed by atoms with E-state index >= 15 is 0 Å². The first-order valence-corrected chi connectivity index (χ1v) is 6.19. The molecule has 0 aliphatic rings. The number of amides is 1. The molecule has 2 aromatic rings. The van der Waals surface area contributed by atoms with Crippen molar-refractivity contribution in [3.63, 3.8) is 0 Å². The van der Waals surface area contributed by atoms with E-state index in [1.165, 1.54) is 0 Å². The van der Waals surface area contributed by atoms with Crippen LogP contribution in [0.25, 0.3) is 0 Å². The van der Waals surface area contributed by atoms with E-state index in [-0.39, 0.29) is 5.91 Å². The van der Waals surface area contributed by atoms with Gasteiger partial charge in [-0.2, -0.15) is 0 Å². The van der Waals surface area contributed by atoms with Gasteiger partial charge in [0.15, 0.2) is 0 Å². The second-order valence-electron chi connectivity index (χ2n) is 4.62. The average Bonchev–Trinajstić information content (AvgIpc) is 2.93. The molecule has 3 N–H and O–H groups in total. The molecule has 0 spiro atoms. The largest absolute Gasteiger partial charge is 0.352 e. The maximum atomic E-state index is 12.1. The molecule has 0 radical (unpaired) electrons. The Morgan fingerprint density at radius 3 is 2.79 bits per heavy atom. The summed E-state index contributed by atoms with van der Waals surface area (Å²) in [4.78, 5) is 16.1. The first-order chi connectivity index (χ1) is 9.10. The van der Waals surface area contributed by atoms with Crippen molar-refractivity contribution >= 4 is 5.91 Å². The third-order valence-corrected chi connectivity index (χ3v) is 3.06. The van der Waals surface area contributed by atoms with Gasteiger partial charge in [-0.25, -0.2) is 4.98 Å². The van der Waals surface area contributed by atoms with Crippen LogP contribution in [0.15, 0.2) is 49.1 Å². The molecule has 1 atom stereocenters. The molecule has 1 heterocycles. The molecule has 0 aliphatic heterocycles. The van der Waals surface area contributed by atoms with E-state index in [2.05, 4.69) is 10.3 Å². The fourth-order valence-electron chi connectivity index (χ4n) is 1.82. The molecule has 0 bridgehead atoms. The summed E-state index contributed by atoms with van der Waals surface area (Å²) >= 11 is 0. The third-order valence-electron chi connectivity index (χ3n) is 3.06. The zero-order valence-electron chi connectivity index (χ0n) is 10.9. The fraction of sp³-hybridized carbons (Fsp3) is 0.286. The van der Waals surface area contributed by atoms with Gasteiger partial charge in [0, 0.05) is 25.5 Å². The molecule has 19 heavy (non-hydrogen) atoms. The van der Waals surface area contributed by atoms with Crippen molar-refractivity contribution in [1.82, 2.24) is 14.9 Å². The maximum Gasteiger partial charge on any atom is 0.244 e. The number of imidazole rings is 1. The summed E-state index contributed by atoms with van der Waals surface area (Å²) in [5, 5.41) is 2.85. The molecule has 0 saturated heterocycles. The summed E-state index contributed by atoms with van der Waals surface area (Å²) in [6, 6.07) is 9.36. The average molecular weight is 258 g/mol. The van der Waals surface area contributed by atoms with Gasteiger partial charge in [-0.05, 0) is 12.5 Å². The number of hydrogen-bond acceptors (Lipinski definition) is 3. The third kappa shape index (κ3) is 3.20. The molecular formula is C14H18N4O. The smallest absolute Gasteiger partial charge is 0.244 e. The number of hydrogen-bond donors (Lipinski definition) is 2. The van der Waals surface area contributed by atoms with Crippen LogP contribution >= 0.6 is 0 Å². The summed E-state index contributed by atoms with van der Waals surface area (Å²) in [6.45, 7) is 2.92. The van der Waals surface area contributed by atoms with Crippen molar-refractivity contribution in [2.45, 2.75) is 19.0 Å². The Kier molecular flexibility index (Phi) is 3.97. The topological polar surface area (TPSA) is 72.9 Å². The van der Waals surface area contributed by atoms with Crippen LogP contribution in [0.3, 0.4) is 0 Å². The van der Waals surface area contributed by atoms with E-state index in [1.54, 1.807) is 19.4 Å². The van der Waals surface area contributed by atoms with Gasteiger partial charge in [0.25, 0.3) is 0 Å². The van der Waals surface area contributed by atoms with Crippen molar-refractivity contribution < 1.29 is 4.79 Å². The van der Waals surface area contributed by atoms with Gasteiger partial charge in [0.05, 0.1) is 6.33 Å². The highest BCUT2D eigenvalue weighted by atomic mass is 16.2. The Balaban J connectivity index is 1.92. The van der Waals surface area contributed by atoms with Gasteiger partial charge >= 0.3 is 0 Å². The van der Waals surface area contributed by atoms with Crippen LogP contribution < -0.4 is 11.1 Å². The second-order valence-corrected chi connectivity index (χ2v) is 4.62. The highest BCUT2D eigenvalue weighted by molar-refractivity contribution is 5.86. The number of nitrogens with zero attached hydrogens (tertiary/aromatic N) is 2. The lowest BCUT2D eigenvalue weighted by Crippen LogP contribution is -2.49. The van der Waals surface area contributed by atoms with Crippen molar-refractivity contribution in [1.29, 1.82) is 0 Å². The van der Waals surface area contributed by atoms with E-state index in [0.29, 0.717) is 13.1 Å². The van der Waals surface area contributed by atoms with Gasteiger partial charge < -0.3 is 15.6 Å². The van der Waals surface area contributed by atoms with E-state index < -0.39 is 5.54 Å². The van der Waals surface area contributed by atoms with Crippen LogP contribution in [0.2, 0.25) is 0 Å². The predicted molar refractivity (Wildman–Crippen MR) is 73.2 cm³/mol. The molecule has 1 aromatic carbocycles. The van der Waals surface area contributed by atoms with E-state index in [9.17, 15) is 4.79 Å². The molecule has 1 unspecified atom stereocenters. The SMILES string of the molecule is CC(N)(C(=O)NCCn1ccnc1)c1ccccc1. The second kappa shape index (κ2) is 5.67. The molecule has 0 aliphatic carbocycles. The summed E-state index contributed by atoms with van der Waals surface area (Å²) in [6.07, 6.45) is 5.27. The zero-order chi connectivity index (χ0) is 13.7. The Labute approximate surface area is 112 Å². The number of carbonyl (C=O) groups excluding carboxylic acids is 1. The number of carbonyl (C=O) groups is 1. The minimum atomic E-state index is -1.02. The van der Waals surface area contributed by atoms with Crippen molar-refractivity contribution in [3.8, 4) is 0 Å². The molecule has 1 amide bonds. The van der Waals surface area contributed by atoms with E-state index in [0.717, 1.165) is 5.56 Å². The number of rotatable bonds is 5. The zero-order valence-corrected chi connectivity index (χ0v) is 10.9. The molecule has 5 heteroatoms. The monoisotopic (exact) mass is 258 g/mol. The molecule has 5 nitrogen and oxygen atoms in total. The lowest BCUT2D eigenvalue weighted by Gasteiger charge is -2.24. The minimum Gasteiger partial charge on any atom is -0.352 e. The first-order valence-electron chi connectivity index (χ1n) is 6.19. The van der Waals surface area contributed by atoms with Gasteiger partial charge in [-0.3, -0.25) is 4.79 Å². The highest BCUT2D eigenvalue weighted by Crippen LogP contribution is 2.17. The molecule has 1 aromatic heterocycles. The molecule has 2 rings (SSSR count). The van der Waals surface area contributed by atoms with Crippen LogP contribution in [-0.2, 0) is 16.9 Å². The van der Waals surface area contributed by atoms with Gasteiger partial charge in [0.2, 0.25) is 5.91 Å². The van der Waals surface area contributed by atoms with Crippen molar-refractivity contribution in [2.24, 2.45) is 5.73 Å². The lowest BCUT2D eigenvalue weighted by molar-refractivity contribution is -0.126. The van der Waals surface area contributed by atoms with Crippen LogP contribution in [0, 0.1) is 0 Å². The minimum absolute atomic E-state index is 0.182. The Bertz CT molecular complexity index is 520. The highest BCUT2D eigenvalue weighted by Gasteiger charge is 2.29.